The van der Waals surface area contributed by atoms with Gasteiger partial charge in [-0.3, -0.25) is 24.1 Å². The highest BCUT2D eigenvalue weighted by Gasteiger charge is 2.60. The summed E-state index contributed by atoms with van der Waals surface area (Å²) in [6.45, 7) is 6.03. The summed E-state index contributed by atoms with van der Waals surface area (Å²) < 4.78 is 40.2. The highest BCUT2D eigenvalue weighted by molar-refractivity contribution is 7.92. The molecule has 0 aromatic heterocycles. The molecule has 2 atom stereocenters. The van der Waals surface area contributed by atoms with Gasteiger partial charge in [0, 0.05) is 32.6 Å². The van der Waals surface area contributed by atoms with Crippen LogP contribution in [0.25, 0.3) is 0 Å². The molecule has 11 nitrogen and oxygen atoms in total. The number of amides is 2. The molecule has 31 heavy (non-hydrogen) atoms. The number of rotatable bonds is 8. The van der Waals surface area contributed by atoms with Crippen LogP contribution < -0.4 is 5.32 Å². The molecule has 2 rings (SSSR count). The average Bonchev–Trinajstić information content (AvgIpc) is 2.62. The first kappa shape index (κ1) is 24.8. The van der Waals surface area contributed by atoms with Gasteiger partial charge in [0.25, 0.3) is 11.8 Å². The zero-order chi connectivity index (χ0) is 23.6. The Balaban J connectivity index is 2.14. The van der Waals surface area contributed by atoms with E-state index < -0.39 is 63.0 Å². The van der Waals surface area contributed by atoms with Crippen LogP contribution in [0.2, 0.25) is 0 Å². The van der Waals surface area contributed by atoms with Gasteiger partial charge in [-0.15, -0.1) is 0 Å². The van der Waals surface area contributed by atoms with Gasteiger partial charge in [0.1, 0.15) is 17.9 Å². The van der Waals surface area contributed by atoms with Crippen molar-refractivity contribution in [2.24, 2.45) is 0 Å². The first-order chi connectivity index (χ1) is 14.3. The molecule has 2 aliphatic heterocycles. The van der Waals surface area contributed by atoms with E-state index in [9.17, 15) is 27.6 Å². The van der Waals surface area contributed by atoms with Crippen LogP contribution in [0.15, 0.2) is 11.3 Å². The van der Waals surface area contributed by atoms with Gasteiger partial charge in [0.15, 0.2) is 21.3 Å². The zero-order valence-electron chi connectivity index (χ0n) is 18.2. The van der Waals surface area contributed by atoms with Crippen LogP contribution in [0, 0.1) is 0 Å². The van der Waals surface area contributed by atoms with Gasteiger partial charge in [-0.2, -0.15) is 0 Å². The van der Waals surface area contributed by atoms with Gasteiger partial charge < -0.3 is 19.5 Å². The lowest BCUT2D eigenvalue weighted by Gasteiger charge is -2.48. The van der Waals surface area contributed by atoms with E-state index in [0.717, 1.165) is 11.8 Å². The summed E-state index contributed by atoms with van der Waals surface area (Å²) in [6, 6.07) is 0. The molecule has 1 saturated heterocycles. The van der Waals surface area contributed by atoms with Crippen molar-refractivity contribution in [2.45, 2.75) is 57.6 Å². The Kier molecular flexibility index (Phi) is 7.48. The molecule has 0 aromatic carbocycles. The van der Waals surface area contributed by atoms with E-state index in [1.165, 1.54) is 7.11 Å². The molecule has 2 amide bonds. The van der Waals surface area contributed by atoms with Gasteiger partial charge in [0.05, 0.1) is 5.75 Å². The highest BCUT2D eigenvalue weighted by Crippen LogP contribution is 2.38. The smallest absolute Gasteiger partial charge is 0.306 e. The molecule has 0 aromatic rings. The van der Waals surface area contributed by atoms with Crippen molar-refractivity contribution >= 4 is 33.6 Å². The van der Waals surface area contributed by atoms with Crippen LogP contribution in [0.4, 0.5) is 0 Å². The molecule has 1 N–H and O–H groups in total. The quantitative estimate of drug-likeness (QED) is 0.292. The summed E-state index contributed by atoms with van der Waals surface area (Å²) in [5.41, 5.74) is -0.787. The van der Waals surface area contributed by atoms with Crippen molar-refractivity contribution in [1.82, 2.24) is 10.2 Å². The van der Waals surface area contributed by atoms with Crippen molar-refractivity contribution in [1.29, 1.82) is 0 Å². The number of nitrogens with one attached hydrogen (secondary N) is 1. The van der Waals surface area contributed by atoms with Gasteiger partial charge in [-0.1, -0.05) is 0 Å². The minimum Gasteiger partial charge on any atom is -0.461 e. The van der Waals surface area contributed by atoms with Gasteiger partial charge in [0.2, 0.25) is 0 Å². The third-order valence-electron chi connectivity index (χ3n) is 4.50. The topological polar surface area (TPSA) is 145 Å². The predicted octanol–water partition coefficient (Wildman–Crippen LogP) is -0.347. The predicted molar refractivity (Wildman–Crippen MR) is 107 cm³/mol. The van der Waals surface area contributed by atoms with Gasteiger partial charge in [-0.05, 0) is 27.2 Å². The molecular formula is C19H28N2O9S. The minimum absolute atomic E-state index is 0.000930. The molecule has 174 valence electrons. The first-order valence-corrected chi connectivity index (χ1v) is 11.4. The SMILES string of the molecule is CO[C@H]1C(=O)N2C(C(=O)NCCCC(=O)OC(C)(C)C)=C(COC(C)=O)CS(=O)(=O)[C@H]12. The average molecular weight is 461 g/mol. The van der Waals surface area contributed by atoms with Gasteiger partial charge >= 0.3 is 11.9 Å². The fourth-order valence-corrected chi connectivity index (χ4v) is 5.30. The number of hydrogen-bond donors (Lipinski definition) is 1. The first-order valence-electron chi connectivity index (χ1n) is 9.71. The van der Waals surface area contributed by atoms with Crippen LogP contribution in [0.5, 0.6) is 0 Å². The van der Waals surface area contributed by atoms with E-state index in [4.69, 9.17) is 14.2 Å². The lowest BCUT2D eigenvalue weighted by Crippen LogP contribution is -2.71. The third-order valence-corrected chi connectivity index (χ3v) is 6.44. The molecule has 1 fully saturated rings. The summed E-state index contributed by atoms with van der Waals surface area (Å²) >= 11 is 0. The number of carbonyl (C=O) groups excluding carboxylic acids is 4. The van der Waals surface area contributed by atoms with Crippen LogP contribution in [-0.4, -0.2) is 80.2 Å². The van der Waals surface area contributed by atoms with Crippen molar-refractivity contribution < 1.29 is 41.8 Å². The minimum atomic E-state index is -3.85. The van der Waals surface area contributed by atoms with Crippen LogP contribution >= 0.6 is 0 Å². The summed E-state index contributed by atoms with van der Waals surface area (Å²) in [4.78, 5) is 49.1. The summed E-state index contributed by atoms with van der Waals surface area (Å²) in [5, 5.41) is 1.27. The maximum absolute atomic E-state index is 12.8. The Morgan fingerprint density at radius 2 is 1.87 bits per heavy atom. The second-order valence-electron chi connectivity index (χ2n) is 8.24. The molecule has 0 radical (unpaired) electrons. The Hall–Kier alpha value is -2.47. The maximum Gasteiger partial charge on any atom is 0.306 e. The number of β-lactam (4-membered cyclic amide) rings is 1. The van der Waals surface area contributed by atoms with E-state index in [1.54, 1.807) is 20.8 Å². The maximum atomic E-state index is 12.8. The Morgan fingerprint density at radius 1 is 1.23 bits per heavy atom. The lowest BCUT2D eigenvalue weighted by molar-refractivity contribution is -0.160. The molecule has 12 heteroatoms. The number of fused-ring (bicyclic) bond motifs is 1. The van der Waals surface area contributed by atoms with Crippen molar-refractivity contribution in [3.8, 4) is 0 Å². The normalized spacial score (nSPS) is 22.4. The third kappa shape index (κ3) is 5.82. The fraction of sp³-hybridized carbons (Fsp3) is 0.684. The van der Waals surface area contributed by atoms with E-state index in [1.807, 2.05) is 0 Å². The molecule has 0 unspecified atom stereocenters. The van der Waals surface area contributed by atoms with E-state index in [0.29, 0.717) is 0 Å². The number of esters is 2. The molecular weight excluding hydrogens is 432 g/mol. The monoisotopic (exact) mass is 460 g/mol. The molecule has 0 aliphatic carbocycles. The van der Waals surface area contributed by atoms with E-state index >= 15 is 0 Å². The van der Waals surface area contributed by atoms with Crippen LogP contribution in [0.3, 0.4) is 0 Å². The second-order valence-corrected chi connectivity index (χ2v) is 10.3. The molecule has 0 spiro atoms. The number of carbonyl (C=O) groups is 4. The number of nitrogens with zero attached hydrogens (tertiary/aromatic N) is 1. The Bertz CT molecular complexity index is 902. The van der Waals surface area contributed by atoms with E-state index in [-0.39, 0.29) is 30.7 Å². The molecule has 2 heterocycles. The largest absolute Gasteiger partial charge is 0.461 e. The Labute approximate surface area is 181 Å². The van der Waals surface area contributed by atoms with Crippen molar-refractivity contribution in [3.05, 3.63) is 11.3 Å². The molecule has 0 bridgehead atoms. The van der Waals surface area contributed by atoms with Crippen LogP contribution in [0.1, 0.15) is 40.5 Å². The van der Waals surface area contributed by atoms with Gasteiger partial charge in [-0.25, -0.2) is 8.42 Å². The fourth-order valence-electron chi connectivity index (χ4n) is 3.29. The summed E-state index contributed by atoms with van der Waals surface area (Å²) in [6.07, 6.45) is -0.846. The Morgan fingerprint density at radius 3 is 2.42 bits per heavy atom. The lowest BCUT2D eigenvalue weighted by atomic mass is 10.0. The second kappa shape index (κ2) is 9.35. The number of hydrogen-bond acceptors (Lipinski definition) is 9. The molecule has 0 saturated carbocycles. The molecule has 2 aliphatic rings. The number of methoxy groups -OCH3 is 1. The van der Waals surface area contributed by atoms with Crippen LogP contribution in [-0.2, 0) is 43.2 Å². The number of sulfone groups is 1. The highest BCUT2D eigenvalue weighted by atomic mass is 32.2. The standard InChI is InChI=1S/C19H28N2O9S/c1-11(22)29-9-12-10-31(26,27)18-15(28-5)17(25)21(18)14(12)16(24)20-8-6-7-13(23)30-19(2,3)4/h15,18H,6-10H2,1-5H3,(H,20,24)/t15-,18+/m0/s1. The van der Waals surface area contributed by atoms with E-state index in [2.05, 4.69) is 5.32 Å². The van der Waals surface area contributed by atoms with Crippen molar-refractivity contribution in [3.63, 3.8) is 0 Å². The zero-order valence-corrected chi connectivity index (χ0v) is 19.0. The summed E-state index contributed by atoms with van der Waals surface area (Å²) in [5.74, 6) is -2.99. The summed E-state index contributed by atoms with van der Waals surface area (Å²) in [7, 11) is -2.63. The van der Waals surface area contributed by atoms with Crippen molar-refractivity contribution in [2.75, 3.05) is 26.0 Å². The number of ether oxygens (including phenoxy) is 3.